The number of para-hydroxylation sites is 1. The van der Waals surface area contributed by atoms with E-state index in [0.29, 0.717) is 0 Å². The molecule has 9 aromatic rings. The summed E-state index contributed by atoms with van der Waals surface area (Å²) < 4.78 is 0. The first-order valence-corrected chi connectivity index (χ1v) is 28.5. The Labute approximate surface area is 458 Å². The first-order chi connectivity index (χ1) is 37.0. The monoisotopic (exact) mass is 1000 g/mol. The number of nitrogens with zero attached hydrogens (tertiary/aromatic N) is 3. The molecule has 380 valence electrons. The SMILES string of the molecule is CC(C)(C)c1ccc(N2c3cc4c(cc3B3c5ccc(-c6ccccc6)cc5N(c5cccc(-c6ccccc6)c5)c5cc(N6c7ccccc7C7(C)CCCCC67C)cc2c53)C(C)(C)CC4(C)C)c(-c2ccccc2)c1. The first-order valence-electron chi connectivity index (χ1n) is 28.5. The Bertz CT molecular complexity index is 3830. The van der Waals surface area contributed by atoms with E-state index in [1.54, 1.807) is 0 Å². The molecule has 14 rings (SSSR count). The molecular weight excluding hydrogens is 930 g/mol. The molecule has 2 atom stereocenters. The second-order valence-electron chi connectivity index (χ2n) is 26.0. The highest BCUT2D eigenvalue weighted by Crippen LogP contribution is 2.62. The second kappa shape index (κ2) is 17.0. The van der Waals surface area contributed by atoms with Crippen molar-refractivity contribution in [3.8, 4) is 33.4 Å². The van der Waals surface area contributed by atoms with E-state index >= 15 is 0 Å². The van der Waals surface area contributed by atoms with Crippen molar-refractivity contribution < 1.29 is 0 Å². The Kier molecular flexibility index (Phi) is 10.5. The fraction of sp³-hybridized carbons (Fsp3) is 0.260. The molecule has 0 bridgehead atoms. The fourth-order valence-corrected chi connectivity index (χ4v) is 15.5. The zero-order valence-corrected chi connectivity index (χ0v) is 46.5. The quantitative estimate of drug-likeness (QED) is 0.154. The third-order valence-electron chi connectivity index (χ3n) is 19.3. The Morgan fingerprint density at radius 1 is 0.403 bits per heavy atom. The van der Waals surface area contributed by atoms with Crippen molar-refractivity contribution in [1.82, 2.24) is 0 Å². The topological polar surface area (TPSA) is 9.72 Å². The summed E-state index contributed by atoms with van der Waals surface area (Å²) in [6, 6.07) is 77.2. The van der Waals surface area contributed by atoms with Gasteiger partial charge in [-0.2, -0.15) is 0 Å². The summed E-state index contributed by atoms with van der Waals surface area (Å²) in [5.74, 6) is 0. The van der Waals surface area contributed by atoms with Crippen LogP contribution in [0.4, 0.5) is 45.5 Å². The lowest BCUT2D eigenvalue weighted by Gasteiger charge is -2.51. The summed E-state index contributed by atoms with van der Waals surface area (Å²) in [6.45, 7) is 22.1. The Hall–Kier alpha value is -7.56. The van der Waals surface area contributed by atoms with E-state index in [1.807, 2.05) is 0 Å². The van der Waals surface area contributed by atoms with E-state index in [-0.39, 0.29) is 33.9 Å². The molecule has 1 saturated carbocycles. The average molecular weight is 1000 g/mol. The van der Waals surface area contributed by atoms with Crippen LogP contribution in [0.3, 0.4) is 0 Å². The van der Waals surface area contributed by atoms with Gasteiger partial charge < -0.3 is 14.7 Å². The van der Waals surface area contributed by atoms with Crippen LogP contribution in [0.25, 0.3) is 33.4 Å². The molecule has 1 fully saturated rings. The van der Waals surface area contributed by atoms with Gasteiger partial charge in [-0.15, -0.1) is 0 Å². The van der Waals surface area contributed by atoms with Gasteiger partial charge in [0.2, 0.25) is 0 Å². The number of fused-ring (bicyclic) bond motifs is 8. The van der Waals surface area contributed by atoms with Crippen LogP contribution < -0.4 is 31.1 Å². The minimum Gasteiger partial charge on any atom is -0.334 e. The third kappa shape index (κ3) is 7.16. The Morgan fingerprint density at radius 3 is 1.68 bits per heavy atom. The lowest BCUT2D eigenvalue weighted by Crippen LogP contribution is -2.62. The molecule has 0 aromatic heterocycles. The molecule has 3 nitrogen and oxygen atoms in total. The molecule has 2 aliphatic carbocycles. The number of rotatable bonds is 6. The Morgan fingerprint density at radius 2 is 0.987 bits per heavy atom. The first kappa shape index (κ1) is 47.9. The standard InChI is InChI=1S/C73H70BN3/c1-69(2,3)53-35-37-62(56(42-53)50-28-17-12-18-29-50)76-65-46-59-58(70(4,5)47-71(59,6)7)45-61(65)74-60-36-34-52(49-26-15-11-16-27-49)41-64(60)75(54-31-23-30-51(40-54)48-24-13-10-14-25-48)66-43-55(44-67(76)68(66)74)77-63-33-20-19-32-57(63)72(8)38-21-22-39-73(72,77)9/h10-20,23-37,40-46H,21-22,38-39,47H2,1-9H3. The summed E-state index contributed by atoms with van der Waals surface area (Å²) in [5, 5.41) is 0. The van der Waals surface area contributed by atoms with Crippen LogP contribution in [0, 0.1) is 0 Å². The molecule has 4 heteroatoms. The number of benzene rings is 9. The summed E-state index contributed by atoms with van der Waals surface area (Å²) in [7, 11) is 0. The van der Waals surface area contributed by atoms with Crippen molar-refractivity contribution in [2.75, 3.05) is 14.7 Å². The maximum atomic E-state index is 2.81. The van der Waals surface area contributed by atoms with Gasteiger partial charge >= 0.3 is 0 Å². The molecular formula is C73H70BN3. The highest BCUT2D eigenvalue weighted by molar-refractivity contribution is 7.00. The summed E-state index contributed by atoms with van der Waals surface area (Å²) in [5.41, 5.74) is 26.8. The molecule has 3 aliphatic heterocycles. The van der Waals surface area contributed by atoms with Crippen LogP contribution in [-0.2, 0) is 21.7 Å². The van der Waals surface area contributed by atoms with Crippen LogP contribution in [-0.4, -0.2) is 12.3 Å². The zero-order valence-electron chi connectivity index (χ0n) is 46.5. The summed E-state index contributed by atoms with van der Waals surface area (Å²) in [4.78, 5) is 8.20. The maximum Gasteiger partial charge on any atom is 0.252 e. The molecule has 2 unspecified atom stereocenters. The van der Waals surface area contributed by atoms with Crippen LogP contribution in [0.5, 0.6) is 0 Å². The van der Waals surface area contributed by atoms with Gasteiger partial charge in [0.1, 0.15) is 0 Å². The molecule has 3 heterocycles. The molecule has 9 aromatic carbocycles. The predicted octanol–water partition coefficient (Wildman–Crippen LogP) is 17.8. The van der Waals surface area contributed by atoms with Gasteiger partial charge in [0.25, 0.3) is 6.71 Å². The number of hydrogen-bond acceptors (Lipinski definition) is 3. The molecule has 77 heavy (non-hydrogen) atoms. The summed E-state index contributed by atoms with van der Waals surface area (Å²) >= 11 is 0. The highest BCUT2D eigenvalue weighted by Gasteiger charge is 2.58. The van der Waals surface area contributed by atoms with Crippen LogP contribution >= 0.6 is 0 Å². The van der Waals surface area contributed by atoms with E-state index < -0.39 is 0 Å². The fourth-order valence-electron chi connectivity index (χ4n) is 15.5. The number of hydrogen-bond donors (Lipinski definition) is 0. The van der Waals surface area contributed by atoms with Crippen molar-refractivity contribution >= 4 is 68.6 Å². The third-order valence-corrected chi connectivity index (χ3v) is 19.3. The van der Waals surface area contributed by atoms with Crippen molar-refractivity contribution in [2.24, 2.45) is 0 Å². The zero-order chi connectivity index (χ0) is 52.8. The van der Waals surface area contributed by atoms with Gasteiger partial charge in [-0.1, -0.05) is 214 Å². The predicted molar refractivity (Wildman–Crippen MR) is 329 cm³/mol. The smallest absolute Gasteiger partial charge is 0.252 e. The van der Waals surface area contributed by atoms with Gasteiger partial charge in [0.05, 0.1) is 11.2 Å². The van der Waals surface area contributed by atoms with Crippen LogP contribution in [0.1, 0.15) is 117 Å². The average Bonchev–Trinajstić information content (AvgIpc) is 3.95. The van der Waals surface area contributed by atoms with Crippen molar-refractivity contribution in [2.45, 2.75) is 122 Å². The van der Waals surface area contributed by atoms with Crippen molar-refractivity contribution in [3.05, 3.63) is 222 Å². The Balaban J connectivity index is 1.14. The number of anilines is 8. The van der Waals surface area contributed by atoms with Gasteiger partial charge in [-0.25, -0.2) is 0 Å². The lowest BCUT2D eigenvalue weighted by atomic mass is 9.33. The minimum atomic E-state index is -0.155. The van der Waals surface area contributed by atoms with E-state index in [1.165, 1.54) is 131 Å². The second-order valence-corrected chi connectivity index (χ2v) is 26.0. The highest BCUT2D eigenvalue weighted by atomic mass is 15.3. The van der Waals surface area contributed by atoms with Gasteiger partial charge in [-0.3, -0.25) is 0 Å². The maximum absolute atomic E-state index is 2.81. The van der Waals surface area contributed by atoms with E-state index in [9.17, 15) is 0 Å². The van der Waals surface area contributed by atoms with Crippen molar-refractivity contribution in [1.29, 1.82) is 0 Å². The molecule has 0 amide bonds. The lowest BCUT2D eigenvalue weighted by molar-refractivity contribution is 0.195. The van der Waals surface area contributed by atoms with Crippen LogP contribution in [0.15, 0.2) is 200 Å². The van der Waals surface area contributed by atoms with Crippen LogP contribution in [0.2, 0.25) is 0 Å². The van der Waals surface area contributed by atoms with Crippen molar-refractivity contribution in [3.63, 3.8) is 0 Å². The summed E-state index contributed by atoms with van der Waals surface area (Å²) in [6.07, 6.45) is 5.83. The molecule has 0 spiro atoms. The van der Waals surface area contributed by atoms with E-state index in [2.05, 4.69) is 277 Å². The minimum absolute atomic E-state index is 0.000966. The van der Waals surface area contributed by atoms with Gasteiger partial charge in [-0.05, 0) is 163 Å². The molecule has 0 radical (unpaired) electrons. The largest absolute Gasteiger partial charge is 0.334 e. The van der Waals surface area contributed by atoms with Gasteiger partial charge in [0.15, 0.2) is 0 Å². The normalized spacial score (nSPS) is 20.2. The van der Waals surface area contributed by atoms with Gasteiger partial charge in [0, 0.05) is 50.8 Å². The molecule has 5 aliphatic rings. The van der Waals surface area contributed by atoms with E-state index in [0.717, 1.165) is 18.5 Å². The molecule has 0 saturated heterocycles. The van der Waals surface area contributed by atoms with E-state index in [4.69, 9.17) is 0 Å². The molecule has 0 N–H and O–H groups in total.